The van der Waals surface area contributed by atoms with E-state index in [1.165, 1.54) is 32.0 Å². The molecule has 6 atom stereocenters. The molecule has 0 aliphatic rings. The molecule has 0 aliphatic heterocycles. The number of H-pyrrole nitrogens is 2. The minimum atomic E-state index is -1.32. The van der Waals surface area contributed by atoms with Crippen LogP contribution in [0.1, 0.15) is 49.6 Å². The Morgan fingerprint density at radius 3 is 1.56 bits per heavy atom. The fraction of sp³-hybridized carbons (Fsp3) is 0.444. The Labute approximate surface area is 339 Å². The Morgan fingerprint density at radius 2 is 1.08 bits per heavy atom. The van der Waals surface area contributed by atoms with E-state index in [0.29, 0.717) is 17.0 Å². The van der Waals surface area contributed by atoms with Gasteiger partial charge in [0.1, 0.15) is 30.2 Å². The van der Waals surface area contributed by atoms with Gasteiger partial charge in [-0.3, -0.25) is 38.8 Å². The Kier molecular flexibility index (Phi) is 18.8. The number of carboxylic acid groups (broad SMARTS) is 1. The van der Waals surface area contributed by atoms with Crippen molar-refractivity contribution >= 4 is 47.4 Å². The topological polar surface area (TPSA) is 395 Å². The molecule has 0 aliphatic carbocycles. The van der Waals surface area contributed by atoms with Gasteiger partial charge in [0.05, 0.1) is 18.7 Å². The first-order chi connectivity index (χ1) is 28.1. The average molecular weight is 823 g/mol. The van der Waals surface area contributed by atoms with E-state index in [9.17, 15) is 33.9 Å². The third-order valence-electron chi connectivity index (χ3n) is 8.74. The number of imidazole rings is 2. The van der Waals surface area contributed by atoms with Crippen molar-refractivity contribution in [3.05, 3.63) is 72.3 Å². The smallest absolute Gasteiger partial charge is 0.325 e. The summed E-state index contributed by atoms with van der Waals surface area (Å²) in [7, 11) is 0. The van der Waals surface area contributed by atoms with Crippen molar-refractivity contribution in [1.29, 1.82) is 0 Å². The lowest BCUT2D eigenvalue weighted by molar-refractivity contribution is -0.141. The van der Waals surface area contributed by atoms with Crippen LogP contribution in [0.25, 0.3) is 0 Å². The van der Waals surface area contributed by atoms with Crippen LogP contribution in [0, 0.1) is 0 Å². The van der Waals surface area contributed by atoms with Gasteiger partial charge in [-0.25, -0.2) is 9.97 Å². The summed E-state index contributed by atoms with van der Waals surface area (Å²) in [4.78, 5) is 102. The van der Waals surface area contributed by atoms with Gasteiger partial charge in [-0.15, -0.1) is 0 Å². The molecule has 23 heteroatoms. The number of carbonyl (C=O) groups is 6. The van der Waals surface area contributed by atoms with E-state index in [0.717, 1.165) is 0 Å². The lowest BCUT2D eigenvalue weighted by Crippen LogP contribution is -2.59. The summed E-state index contributed by atoms with van der Waals surface area (Å²) in [6, 6.07) is 1.42. The highest BCUT2D eigenvalue weighted by molar-refractivity contribution is 5.96. The number of hydrogen-bond donors (Lipinski definition) is 13. The highest BCUT2D eigenvalue weighted by atomic mass is 16.4. The van der Waals surface area contributed by atoms with Gasteiger partial charge in [-0.1, -0.05) is 30.3 Å². The van der Waals surface area contributed by atoms with Crippen LogP contribution in [-0.4, -0.2) is 122 Å². The second-order valence-electron chi connectivity index (χ2n) is 13.6. The normalized spacial score (nSPS) is 13.9. The van der Waals surface area contributed by atoms with E-state index in [4.69, 9.17) is 28.7 Å². The number of amides is 5. The SMILES string of the molecule is C[C@H](NC(=O)[C@H](Cc1cnc[nH]1)NC(=O)[C@H](CCCN=C(N)N)NC(=O)[C@H](CCCN=C(N)N)NC(=O)[C@H](Cc1ccccc1)NC(=O)[C@@H](N)Cc1cnc[nH]1)C(=O)O. The highest BCUT2D eigenvalue weighted by Gasteiger charge is 2.33. The summed E-state index contributed by atoms with van der Waals surface area (Å²) in [5.41, 5.74) is 29.8. The average Bonchev–Trinajstić information content (AvgIpc) is 3.91. The number of carbonyl (C=O) groups excluding carboxylic acids is 5. The largest absolute Gasteiger partial charge is 0.480 e. The zero-order valence-corrected chi connectivity index (χ0v) is 32.6. The minimum absolute atomic E-state index is 0.0139. The van der Waals surface area contributed by atoms with Crippen LogP contribution in [0.5, 0.6) is 0 Å². The van der Waals surface area contributed by atoms with Crippen molar-refractivity contribution in [2.45, 2.75) is 88.1 Å². The monoisotopic (exact) mass is 822 g/mol. The second kappa shape index (κ2) is 23.9. The molecule has 2 aromatic heterocycles. The van der Waals surface area contributed by atoms with Gasteiger partial charge in [-0.2, -0.15) is 0 Å². The van der Waals surface area contributed by atoms with Crippen molar-refractivity contribution in [3.63, 3.8) is 0 Å². The fourth-order valence-electron chi connectivity index (χ4n) is 5.63. The first-order valence-electron chi connectivity index (χ1n) is 18.7. The van der Waals surface area contributed by atoms with Crippen LogP contribution in [0.15, 0.2) is 65.4 Å². The number of nitrogens with zero attached hydrogens (tertiary/aromatic N) is 4. The molecule has 0 saturated carbocycles. The summed E-state index contributed by atoms with van der Waals surface area (Å²) >= 11 is 0. The van der Waals surface area contributed by atoms with Crippen molar-refractivity contribution in [2.75, 3.05) is 13.1 Å². The standard InChI is InChI=1S/C36H54N16O7/c1-20(34(58)59)48-32(56)28(15-23-17-43-19-47-23)52-31(55)26(10-6-12-45-36(40)41)49-30(54)25(9-5-11-44-35(38)39)50-33(57)27(13-21-7-3-2-4-8-21)51-29(53)24(37)14-22-16-42-18-46-22/h2-4,7-8,16-20,24-28H,5-6,9-15,37H2,1H3,(H,42,46)(H,43,47)(H,48,56)(H,49,54)(H,50,57)(H,51,53)(H,52,55)(H,58,59)(H4,38,39,44)(H4,40,41,45)/t20-,24-,25-,26-,27-,28-/m0/s1. The van der Waals surface area contributed by atoms with E-state index in [-0.39, 0.29) is 70.0 Å². The number of nitrogens with two attached hydrogens (primary N) is 5. The first kappa shape index (κ1) is 46.3. The summed E-state index contributed by atoms with van der Waals surface area (Å²) in [6.07, 6.45) is 6.15. The Morgan fingerprint density at radius 1 is 0.644 bits per heavy atom. The number of aromatic nitrogens is 4. The van der Waals surface area contributed by atoms with Gasteiger partial charge < -0.3 is 70.3 Å². The summed E-state index contributed by atoms with van der Waals surface area (Å²) < 4.78 is 0. The van der Waals surface area contributed by atoms with Gasteiger partial charge in [-0.05, 0) is 38.2 Å². The number of benzene rings is 1. The first-order valence-corrected chi connectivity index (χ1v) is 18.7. The number of nitrogens with one attached hydrogen (secondary N) is 7. The van der Waals surface area contributed by atoms with Crippen molar-refractivity contribution in [2.24, 2.45) is 38.7 Å². The summed E-state index contributed by atoms with van der Waals surface area (Å²) in [6.45, 7) is 1.43. The molecular weight excluding hydrogens is 769 g/mol. The predicted octanol–water partition coefficient (Wildman–Crippen LogP) is -3.88. The molecule has 320 valence electrons. The maximum atomic E-state index is 14.1. The second-order valence-corrected chi connectivity index (χ2v) is 13.6. The molecule has 59 heavy (non-hydrogen) atoms. The van der Waals surface area contributed by atoms with E-state index < -0.39 is 71.8 Å². The molecule has 23 nitrogen and oxygen atoms in total. The van der Waals surface area contributed by atoms with Crippen LogP contribution in [0.2, 0.25) is 0 Å². The van der Waals surface area contributed by atoms with Gasteiger partial charge in [0.2, 0.25) is 29.5 Å². The molecule has 5 amide bonds. The number of aliphatic carboxylic acids is 1. The minimum Gasteiger partial charge on any atom is -0.480 e. The number of guanidine groups is 2. The fourth-order valence-corrected chi connectivity index (χ4v) is 5.63. The highest BCUT2D eigenvalue weighted by Crippen LogP contribution is 2.09. The van der Waals surface area contributed by atoms with Gasteiger partial charge >= 0.3 is 5.97 Å². The van der Waals surface area contributed by atoms with Crippen LogP contribution < -0.4 is 55.3 Å². The third kappa shape index (κ3) is 16.9. The summed E-state index contributed by atoms with van der Waals surface area (Å²) in [5, 5.41) is 22.4. The van der Waals surface area contributed by atoms with E-state index in [1.54, 1.807) is 30.3 Å². The zero-order chi connectivity index (χ0) is 43.3. The van der Waals surface area contributed by atoms with E-state index >= 15 is 0 Å². The number of carboxylic acids is 1. The van der Waals surface area contributed by atoms with Crippen LogP contribution in [0.3, 0.4) is 0 Å². The van der Waals surface area contributed by atoms with Crippen LogP contribution in [0.4, 0.5) is 0 Å². The zero-order valence-electron chi connectivity index (χ0n) is 32.6. The molecule has 18 N–H and O–H groups in total. The number of aromatic amines is 2. The summed E-state index contributed by atoms with van der Waals surface area (Å²) in [5.74, 6) is -5.45. The molecule has 0 fully saturated rings. The molecule has 3 rings (SSSR count). The number of rotatable bonds is 25. The Balaban J connectivity index is 1.89. The Hall–Kier alpha value is -7.04. The maximum Gasteiger partial charge on any atom is 0.325 e. The molecular formula is C36H54N16O7. The van der Waals surface area contributed by atoms with Crippen molar-refractivity contribution in [1.82, 2.24) is 46.5 Å². The van der Waals surface area contributed by atoms with Crippen LogP contribution in [-0.2, 0) is 48.0 Å². The van der Waals surface area contributed by atoms with Gasteiger partial charge in [0.25, 0.3) is 0 Å². The predicted molar refractivity (Wildman–Crippen MR) is 215 cm³/mol. The lowest BCUT2D eigenvalue weighted by Gasteiger charge is -2.27. The van der Waals surface area contributed by atoms with Crippen LogP contribution >= 0.6 is 0 Å². The molecule has 0 spiro atoms. The van der Waals surface area contributed by atoms with E-state index in [2.05, 4.69) is 56.5 Å². The molecule has 3 aromatic rings. The quantitative estimate of drug-likeness (QED) is 0.0221. The molecule has 0 unspecified atom stereocenters. The van der Waals surface area contributed by atoms with Crippen molar-refractivity contribution in [3.8, 4) is 0 Å². The van der Waals surface area contributed by atoms with Gasteiger partial charge in [0, 0.05) is 56.1 Å². The molecule has 1 aromatic carbocycles. The molecule has 0 saturated heterocycles. The van der Waals surface area contributed by atoms with E-state index in [1.807, 2.05) is 0 Å². The maximum absolute atomic E-state index is 14.1. The van der Waals surface area contributed by atoms with Crippen molar-refractivity contribution < 1.29 is 33.9 Å². The van der Waals surface area contributed by atoms with Gasteiger partial charge in [0.15, 0.2) is 11.9 Å². The third-order valence-corrected chi connectivity index (χ3v) is 8.74. The number of aliphatic imine (C=N–C) groups is 2. The molecule has 0 bridgehead atoms. The molecule has 2 heterocycles. The Bertz CT molecular complexity index is 1860. The molecule has 0 radical (unpaired) electrons. The number of hydrogen-bond acceptors (Lipinski definition) is 11. The lowest BCUT2D eigenvalue weighted by atomic mass is 10.0.